The molecular weight excluding hydrogens is 303 g/mol. The van der Waals surface area contributed by atoms with Crippen molar-refractivity contribution in [1.29, 1.82) is 0 Å². The molecule has 0 N–H and O–H groups in total. The van der Waals surface area contributed by atoms with E-state index < -0.39 is 11.9 Å². The van der Waals surface area contributed by atoms with E-state index in [2.05, 4.69) is 15.9 Å². The van der Waals surface area contributed by atoms with Gasteiger partial charge in [-0.15, -0.1) is 0 Å². The zero-order chi connectivity index (χ0) is 13.3. The van der Waals surface area contributed by atoms with Gasteiger partial charge in [-0.1, -0.05) is 0 Å². The lowest BCUT2D eigenvalue weighted by Gasteiger charge is -2.13. The minimum atomic E-state index is -0.455. The molecule has 1 aliphatic rings. The molecule has 0 amide bonds. The molecule has 0 bridgehead atoms. The number of hydrogen-bond acceptors (Lipinski definition) is 3. The number of ketones is 1. The first-order chi connectivity index (χ1) is 8.52. The molecule has 0 saturated carbocycles. The Morgan fingerprint density at radius 1 is 1.50 bits per heavy atom. The first-order valence-corrected chi connectivity index (χ1v) is 6.55. The smallest absolute Gasteiger partial charge is 0.195 e. The highest BCUT2D eigenvalue weighted by Gasteiger charge is 2.31. The van der Waals surface area contributed by atoms with Gasteiger partial charge in [-0.05, 0) is 41.8 Å². The standard InChI is InChI=1S/C13H14BrFO3/c1-7-3-4-11(18-7)13(16)8-5-9(14)10(15)6-12(8)17-2/h5-7,11H,3-4H2,1-2H3. The maximum atomic E-state index is 13.4. The summed E-state index contributed by atoms with van der Waals surface area (Å²) in [4.78, 5) is 12.3. The minimum Gasteiger partial charge on any atom is -0.496 e. The van der Waals surface area contributed by atoms with Crippen molar-refractivity contribution in [3.8, 4) is 5.75 Å². The molecule has 1 aromatic rings. The maximum absolute atomic E-state index is 13.4. The van der Waals surface area contributed by atoms with Crippen LogP contribution < -0.4 is 4.74 Å². The maximum Gasteiger partial charge on any atom is 0.195 e. The molecule has 0 radical (unpaired) electrons. The topological polar surface area (TPSA) is 35.5 Å². The predicted molar refractivity (Wildman–Crippen MR) is 68.6 cm³/mol. The fraction of sp³-hybridized carbons (Fsp3) is 0.462. The van der Waals surface area contributed by atoms with Crippen LogP contribution >= 0.6 is 15.9 Å². The third-order valence-corrected chi connectivity index (χ3v) is 3.64. The summed E-state index contributed by atoms with van der Waals surface area (Å²) in [6, 6.07) is 2.65. The van der Waals surface area contributed by atoms with Gasteiger partial charge in [-0.2, -0.15) is 0 Å². The van der Waals surface area contributed by atoms with Crippen LogP contribution in [0.2, 0.25) is 0 Å². The third kappa shape index (κ3) is 2.57. The van der Waals surface area contributed by atoms with E-state index in [-0.39, 0.29) is 22.1 Å². The van der Waals surface area contributed by atoms with Crippen LogP contribution in [0.25, 0.3) is 0 Å². The Balaban J connectivity index is 2.32. The molecule has 1 saturated heterocycles. The van der Waals surface area contributed by atoms with Crippen LogP contribution in [0.3, 0.4) is 0 Å². The van der Waals surface area contributed by atoms with Gasteiger partial charge in [0.2, 0.25) is 0 Å². The van der Waals surface area contributed by atoms with Gasteiger partial charge < -0.3 is 9.47 Å². The monoisotopic (exact) mass is 316 g/mol. The summed E-state index contributed by atoms with van der Waals surface area (Å²) in [6.07, 6.45) is 1.19. The van der Waals surface area contributed by atoms with Crippen LogP contribution in [0.4, 0.5) is 4.39 Å². The van der Waals surface area contributed by atoms with E-state index >= 15 is 0 Å². The summed E-state index contributed by atoms with van der Waals surface area (Å²) < 4.78 is 24.2. The number of carbonyl (C=O) groups excluding carboxylic acids is 1. The fourth-order valence-electron chi connectivity index (χ4n) is 2.06. The van der Waals surface area contributed by atoms with Crippen LogP contribution in [0, 0.1) is 5.82 Å². The average Bonchev–Trinajstić information content (AvgIpc) is 2.78. The van der Waals surface area contributed by atoms with Crippen LogP contribution in [0.5, 0.6) is 5.75 Å². The Morgan fingerprint density at radius 2 is 2.22 bits per heavy atom. The second-order valence-corrected chi connectivity index (χ2v) is 5.20. The molecule has 1 aromatic carbocycles. The molecule has 1 fully saturated rings. The second kappa shape index (κ2) is 5.36. The van der Waals surface area contributed by atoms with E-state index in [9.17, 15) is 9.18 Å². The van der Waals surface area contributed by atoms with Gasteiger partial charge in [-0.25, -0.2) is 4.39 Å². The zero-order valence-electron chi connectivity index (χ0n) is 10.2. The number of carbonyl (C=O) groups is 1. The average molecular weight is 317 g/mol. The van der Waals surface area contributed by atoms with Crippen molar-refractivity contribution < 1.29 is 18.7 Å². The summed E-state index contributed by atoms with van der Waals surface area (Å²) in [5, 5.41) is 0. The van der Waals surface area contributed by atoms with Crippen LogP contribution in [-0.4, -0.2) is 25.1 Å². The van der Waals surface area contributed by atoms with Crippen LogP contribution in [0.1, 0.15) is 30.1 Å². The highest BCUT2D eigenvalue weighted by molar-refractivity contribution is 9.10. The summed E-state index contributed by atoms with van der Waals surface area (Å²) in [5.74, 6) is -0.370. The number of rotatable bonds is 3. The molecule has 5 heteroatoms. The van der Waals surface area contributed by atoms with E-state index in [0.717, 1.165) is 6.42 Å². The molecule has 2 unspecified atom stereocenters. The van der Waals surface area contributed by atoms with Gasteiger partial charge in [0.1, 0.15) is 17.7 Å². The second-order valence-electron chi connectivity index (χ2n) is 4.34. The first kappa shape index (κ1) is 13.5. The van der Waals surface area contributed by atoms with Gasteiger partial charge in [0.25, 0.3) is 0 Å². The van der Waals surface area contributed by atoms with Gasteiger partial charge in [-0.3, -0.25) is 4.79 Å². The Hall–Kier alpha value is -0.940. The number of methoxy groups -OCH3 is 1. The van der Waals surface area contributed by atoms with Crippen molar-refractivity contribution in [3.05, 3.63) is 28.0 Å². The van der Waals surface area contributed by atoms with Crippen molar-refractivity contribution in [2.45, 2.75) is 32.0 Å². The normalized spacial score (nSPS) is 23.1. The lowest BCUT2D eigenvalue weighted by atomic mass is 10.0. The van der Waals surface area contributed by atoms with E-state index in [0.29, 0.717) is 12.0 Å². The molecule has 1 heterocycles. The Bertz CT molecular complexity index is 476. The SMILES string of the molecule is COc1cc(F)c(Br)cc1C(=O)C1CCC(C)O1. The molecule has 18 heavy (non-hydrogen) atoms. The highest BCUT2D eigenvalue weighted by Crippen LogP contribution is 2.30. The number of hydrogen-bond donors (Lipinski definition) is 0. The molecular formula is C13H14BrFO3. The molecule has 2 atom stereocenters. The predicted octanol–water partition coefficient (Wildman–Crippen LogP) is 3.35. The number of Topliss-reactive ketones (excluding diaryl/α,β-unsaturated/α-hetero) is 1. The third-order valence-electron chi connectivity index (χ3n) is 3.03. The summed E-state index contributed by atoms with van der Waals surface area (Å²) >= 11 is 3.07. The Labute approximate surface area is 113 Å². The van der Waals surface area contributed by atoms with Gasteiger partial charge in [0.05, 0.1) is 23.2 Å². The molecule has 98 valence electrons. The van der Waals surface area contributed by atoms with Crippen molar-refractivity contribution in [2.75, 3.05) is 7.11 Å². The molecule has 0 spiro atoms. The van der Waals surface area contributed by atoms with Crippen molar-refractivity contribution in [3.63, 3.8) is 0 Å². The molecule has 0 aliphatic carbocycles. The zero-order valence-corrected chi connectivity index (χ0v) is 11.8. The van der Waals surface area contributed by atoms with Crippen LogP contribution in [-0.2, 0) is 4.74 Å². The molecule has 2 rings (SSSR count). The Morgan fingerprint density at radius 3 is 2.78 bits per heavy atom. The fourth-order valence-corrected chi connectivity index (χ4v) is 2.40. The van der Waals surface area contributed by atoms with Crippen molar-refractivity contribution >= 4 is 21.7 Å². The lowest BCUT2D eigenvalue weighted by molar-refractivity contribution is 0.0431. The van der Waals surface area contributed by atoms with Gasteiger partial charge in [0, 0.05) is 6.07 Å². The van der Waals surface area contributed by atoms with E-state index in [4.69, 9.17) is 9.47 Å². The van der Waals surface area contributed by atoms with Crippen molar-refractivity contribution in [2.24, 2.45) is 0 Å². The number of benzene rings is 1. The first-order valence-electron chi connectivity index (χ1n) is 5.75. The van der Waals surface area contributed by atoms with E-state index in [1.165, 1.54) is 19.2 Å². The van der Waals surface area contributed by atoms with E-state index in [1.54, 1.807) is 0 Å². The summed E-state index contributed by atoms with van der Waals surface area (Å²) in [6.45, 7) is 1.94. The van der Waals surface area contributed by atoms with E-state index in [1.807, 2.05) is 6.92 Å². The number of ether oxygens (including phenoxy) is 2. The molecule has 1 aliphatic heterocycles. The quantitative estimate of drug-likeness (QED) is 0.802. The van der Waals surface area contributed by atoms with Crippen molar-refractivity contribution in [1.82, 2.24) is 0 Å². The summed E-state index contributed by atoms with van der Waals surface area (Å²) in [5.41, 5.74) is 0.352. The minimum absolute atomic E-state index is 0.0915. The van der Waals surface area contributed by atoms with Gasteiger partial charge >= 0.3 is 0 Å². The molecule has 3 nitrogen and oxygen atoms in total. The summed E-state index contributed by atoms with van der Waals surface area (Å²) in [7, 11) is 1.41. The Kier molecular flexibility index (Phi) is 4.02. The largest absolute Gasteiger partial charge is 0.496 e. The molecule has 0 aromatic heterocycles. The lowest BCUT2D eigenvalue weighted by Crippen LogP contribution is -2.21. The number of halogens is 2. The highest BCUT2D eigenvalue weighted by atomic mass is 79.9. The van der Waals surface area contributed by atoms with Gasteiger partial charge in [0.15, 0.2) is 5.78 Å². The van der Waals surface area contributed by atoms with Crippen LogP contribution in [0.15, 0.2) is 16.6 Å².